The van der Waals surface area contributed by atoms with Gasteiger partial charge in [0.25, 0.3) is 0 Å². The van der Waals surface area contributed by atoms with Gasteiger partial charge in [0.1, 0.15) is 0 Å². The Kier molecular flexibility index (Phi) is 7.12. The summed E-state index contributed by atoms with van der Waals surface area (Å²) in [4.78, 5) is 14.3. The SMILES string of the molecule is Cc1cc(C)n(Cc2cccc(NC(=O)NCCCc3ccc(N(C)C)cc3)c2)n1. The second kappa shape index (κ2) is 9.96. The molecule has 0 aliphatic carbocycles. The van der Waals surface area contributed by atoms with Crippen LogP contribution in [0.1, 0.15) is 28.9 Å². The van der Waals surface area contributed by atoms with E-state index in [1.807, 2.05) is 56.9 Å². The fourth-order valence-corrected chi connectivity index (χ4v) is 3.39. The molecule has 0 fully saturated rings. The third kappa shape index (κ3) is 6.11. The van der Waals surface area contributed by atoms with E-state index in [4.69, 9.17) is 0 Å². The molecule has 1 aromatic heterocycles. The minimum atomic E-state index is -0.179. The molecule has 158 valence electrons. The molecule has 2 amide bonds. The smallest absolute Gasteiger partial charge is 0.319 e. The second-order valence-corrected chi connectivity index (χ2v) is 7.83. The highest BCUT2D eigenvalue weighted by atomic mass is 16.2. The highest BCUT2D eigenvalue weighted by Crippen LogP contribution is 2.14. The number of hydrogen-bond acceptors (Lipinski definition) is 3. The Labute approximate surface area is 178 Å². The normalized spacial score (nSPS) is 10.7. The third-order valence-corrected chi connectivity index (χ3v) is 5.00. The molecule has 6 nitrogen and oxygen atoms in total. The van der Waals surface area contributed by atoms with Crippen LogP contribution in [0.15, 0.2) is 54.6 Å². The quantitative estimate of drug-likeness (QED) is 0.547. The number of anilines is 2. The first kappa shape index (κ1) is 21.4. The van der Waals surface area contributed by atoms with Gasteiger partial charge in [0, 0.05) is 37.7 Å². The van der Waals surface area contributed by atoms with Crippen LogP contribution in [-0.4, -0.2) is 36.5 Å². The molecule has 0 bridgehead atoms. The van der Waals surface area contributed by atoms with Crippen molar-refractivity contribution in [3.63, 3.8) is 0 Å². The summed E-state index contributed by atoms with van der Waals surface area (Å²) in [6.07, 6.45) is 1.83. The fraction of sp³-hybridized carbons (Fsp3) is 0.333. The second-order valence-electron chi connectivity index (χ2n) is 7.83. The van der Waals surface area contributed by atoms with E-state index in [2.05, 4.69) is 51.0 Å². The Morgan fingerprint density at radius 3 is 2.47 bits per heavy atom. The number of carbonyl (C=O) groups is 1. The van der Waals surface area contributed by atoms with Crippen LogP contribution in [-0.2, 0) is 13.0 Å². The lowest BCUT2D eigenvalue weighted by molar-refractivity contribution is 0.252. The molecule has 0 saturated heterocycles. The molecule has 0 saturated carbocycles. The molecule has 3 aromatic rings. The average molecular weight is 406 g/mol. The van der Waals surface area contributed by atoms with Gasteiger partial charge in [0.15, 0.2) is 0 Å². The Morgan fingerprint density at radius 2 is 1.80 bits per heavy atom. The molecule has 30 heavy (non-hydrogen) atoms. The van der Waals surface area contributed by atoms with E-state index in [1.165, 1.54) is 11.3 Å². The minimum Gasteiger partial charge on any atom is -0.378 e. The Bertz CT molecular complexity index is 976. The molecule has 0 spiro atoms. The number of amides is 2. The predicted molar refractivity (Wildman–Crippen MR) is 123 cm³/mol. The van der Waals surface area contributed by atoms with Crippen LogP contribution in [0.25, 0.3) is 0 Å². The maximum Gasteiger partial charge on any atom is 0.319 e. The number of aromatic nitrogens is 2. The van der Waals surface area contributed by atoms with Crippen molar-refractivity contribution in [3.8, 4) is 0 Å². The standard InChI is InChI=1S/C24H31N5O/c1-18-15-19(2)29(27-18)17-21-7-5-9-22(16-21)26-24(30)25-14-6-8-20-10-12-23(13-11-20)28(3)4/h5,7,9-13,15-16H,6,8,14,17H2,1-4H3,(H2,25,26,30). The van der Waals surface area contributed by atoms with Gasteiger partial charge in [-0.05, 0) is 68.1 Å². The molecule has 0 atom stereocenters. The van der Waals surface area contributed by atoms with E-state index in [0.29, 0.717) is 13.1 Å². The van der Waals surface area contributed by atoms with Crippen molar-refractivity contribution in [2.75, 3.05) is 30.9 Å². The zero-order valence-corrected chi connectivity index (χ0v) is 18.3. The highest BCUT2D eigenvalue weighted by Gasteiger charge is 2.05. The molecule has 0 radical (unpaired) electrons. The number of urea groups is 1. The lowest BCUT2D eigenvalue weighted by Crippen LogP contribution is -2.29. The number of nitrogens with zero attached hydrogens (tertiary/aromatic N) is 3. The highest BCUT2D eigenvalue weighted by molar-refractivity contribution is 5.89. The zero-order chi connectivity index (χ0) is 21.5. The number of carbonyl (C=O) groups excluding carboxylic acids is 1. The van der Waals surface area contributed by atoms with E-state index in [9.17, 15) is 4.79 Å². The average Bonchev–Trinajstić information content (AvgIpc) is 3.02. The molecule has 0 aliphatic rings. The summed E-state index contributed by atoms with van der Waals surface area (Å²) in [6.45, 7) is 5.35. The van der Waals surface area contributed by atoms with Crippen molar-refractivity contribution in [1.29, 1.82) is 0 Å². The molecule has 6 heteroatoms. The van der Waals surface area contributed by atoms with Crippen LogP contribution < -0.4 is 15.5 Å². The van der Waals surface area contributed by atoms with Crippen LogP contribution >= 0.6 is 0 Å². The maximum absolute atomic E-state index is 12.2. The van der Waals surface area contributed by atoms with Gasteiger partial charge in [0.2, 0.25) is 0 Å². The molecule has 2 N–H and O–H groups in total. The molecular formula is C24H31N5O. The molecule has 0 unspecified atom stereocenters. The Hall–Kier alpha value is -3.28. The van der Waals surface area contributed by atoms with Gasteiger partial charge in [-0.15, -0.1) is 0 Å². The van der Waals surface area contributed by atoms with Crippen molar-refractivity contribution in [2.24, 2.45) is 0 Å². The Morgan fingerprint density at radius 1 is 1.03 bits per heavy atom. The van der Waals surface area contributed by atoms with Crippen molar-refractivity contribution in [1.82, 2.24) is 15.1 Å². The summed E-state index contributed by atoms with van der Waals surface area (Å²) in [6, 6.07) is 18.3. The number of aryl methyl sites for hydroxylation is 3. The first-order chi connectivity index (χ1) is 14.4. The lowest BCUT2D eigenvalue weighted by Gasteiger charge is -2.13. The largest absolute Gasteiger partial charge is 0.378 e. The first-order valence-electron chi connectivity index (χ1n) is 10.3. The summed E-state index contributed by atoms with van der Waals surface area (Å²) in [5.41, 5.74) is 6.48. The first-order valence-corrected chi connectivity index (χ1v) is 10.3. The number of rotatable bonds is 8. The van der Waals surface area contributed by atoms with E-state index in [-0.39, 0.29) is 6.03 Å². The van der Waals surface area contributed by atoms with Crippen molar-refractivity contribution < 1.29 is 4.79 Å². The molecule has 1 heterocycles. The van der Waals surface area contributed by atoms with E-state index in [0.717, 1.165) is 35.5 Å². The van der Waals surface area contributed by atoms with Crippen molar-refractivity contribution in [2.45, 2.75) is 33.2 Å². The van der Waals surface area contributed by atoms with Crippen LogP contribution in [0.3, 0.4) is 0 Å². The van der Waals surface area contributed by atoms with Crippen LogP contribution in [0, 0.1) is 13.8 Å². The van der Waals surface area contributed by atoms with Gasteiger partial charge >= 0.3 is 6.03 Å². The monoisotopic (exact) mass is 405 g/mol. The zero-order valence-electron chi connectivity index (χ0n) is 18.3. The molecule has 2 aromatic carbocycles. The molecular weight excluding hydrogens is 374 g/mol. The van der Waals surface area contributed by atoms with Gasteiger partial charge in [0.05, 0.1) is 12.2 Å². The summed E-state index contributed by atoms with van der Waals surface area (Å²) in [5.74, 6) is 0. The van der Waals surface area contributed by atoms with Crippen LogP contribution in [0.5, 0.6) is 0 Å². The number of hydrogen-bond donors (Lipinski definition) is 2. The van der Waals surface area contributed by atoms with Crippen LogP contribution in [0.2, 0.25) is 0 Å². The van der Waals surface area contributed by atoms with Gasteiger partial charge in [-0.2, -0.15) is 5.10 Å². The summed E-state index contributed by atoms with van der Waals surface area (Å²) in [5, 5.41) is 10.4. The third-order valence-electron chi connectivity index (χ3n) is 5.00. The number of nitrogens with one attached hydrogen (secondary N) is 2. The minimum absolute atomic E-state index is 0.179. The maximum atomic E-state index is 12.2. The molecule has 0 aliphatic heterocycles. The van der Waals surface area contributed by atoms with E-state index < -0.39 is 0 Å². The Balaban J connectivity index is 1.44. The van der Waals surface area contributed by atoms with Crippen LogP contribution in [0.4, 0.5) is 16.2 Å². The summed E-state index contributed by atoms with van der Waals surface area (Å²) < 4.78 is 1.97. The topological polar surface area (TPSA) is 62.2 Å². The van der Waals surface area contributed by atoms with Crippen molar-refractivity contribution >= 4 is 17.4 Å². The summed E-state index contributed by atoms with van der Waals surface area (Å²) in [7, 11) is 4.07. The van der Waals surface area contributed by atoms with Gasteiger partial charge in [-0.25, -0.2) is 4.79 Å². The van der Waals surface area contributed by atoms with E-state index in [1.54, 1.807) is 0 Å². The van der Waals surface area contributed by atoms with Crippen molar-refractivity contribution in [3.05, 3.63) is 77.1 Å². The van der Waals surface area contributed by atoms with Gasteiger partial charge in [-0.1, -0.05) is 24.3 Å². The molecule has 3 rings (SSSR count). The van der Waals surface area contributed by atoms with Gasteiger partial charge in [-0.3, -0.25) is 4.68 Å². The predicted octanol–water partition coefficient (Wildman–Crippen LogP) is 4.37. The summed E-state index contributed by atoms with van der Waals surface area (Å²) >= 11 is 0. The lowest BCUT2D eigenvalue weighted by atomic mass is 10.1. The van der Waals surface area contributed by atoms with Gasteiger partial charge < -0.3 is 15.5 Å². The van der Waals surface area contributed by atoms with E-state index >= 15 is 0 Å². The number of benzene rings is 2. The fourth-order valence-electron chi connectivity index (χ4n) is 3.39.